The predicted molar refractivity (Wildman–Crippen MR) is 73.8 cm³/mol. The second-order valence-electron chi connectivity index (χ2n) is 5.00. The van der Waals surface area contributed by atoms with Crippen molar-refractivity contribution in [1.29, 1.82) is 0 Å². The average molecular weight is 277 g/mol. The topological polar surface area (TPSA) is 75.6 Å². The maximum absolute atomic E-state index is 12.1. The Kier molecular flexibility index (Phi) is 4.61. The molecule has 0 heterocycles. The lowest BCUT2D eigenvalue weighted by atomic mass is 10.1. The van der Waals surface area contributed by atoms with Crippen LogP contribution in [0.25, 0.3) is 0 Å². The van der Waals surface area contributed by atoms with Crippen LogP contribution >= 0.6 is 0 Å². The van der Waals surface area contributed by atoms with Gasteiger partial charge in [-0.3, -0.25) is 4.79 Å². The Labute approximate surface area is 117 Å². The normalized spacial score (nSPS) is 15.4. The molecule has 0 bridgehead atoms. The molecule has 1 atom stereocenters. The number of amides is 1. The summed E-state index contributed by atoms with van der Waals surface area (Å²) >= 11 is 0. The van der Waals surface area contributed by atoms with Crippen molar-refractivity contribution in [2.75, 3.05) is 6.61 Å². The van der Waals surface area contributed by atoms with Gasteiger partial charge in [0, 0.05) is 5.56 Å². The van der Waals surface area contributed by atoms with Crippen molar-refractivity contribution in [1.82, 2.24) is 5.32 Å². The number of ether oxygens (including phenoxy) is 1. The van der Waals surface area contributed by atoms with Crippen LogP contribution in [0, 0.1) is 5.92 Å². The number of carboxylic acids is 1. The third kappa shape index (κ3) is 3.98. The molecule has 2 rings (SSSR count). The molecule has 0 saturated heterocycles. The molecule has 1 unspecified atom stereocenters. The Morgan fingerprint density at radius 3 is 2.80 bits per heavy atom. The molecule has 2 N–H and O–H groups in total. The molecule has 0 aliphatic heterocycles. The summed E-state index contributed by atoms with van der Waals surface area (Å²) in [5, 5.41) is 11.7. The van der Waals surface area contributed by atoms with Gasteiger partial charge in [0.15, 0.2) is 0 Å². The van der Waals surface area contributed by atoms with E-state index in [-0.39, 0.29) is 5.91 Å². The number of rotatable bonds is 7. The van der Waals surface area contributed by atoms with Gasteiger partial charge < -0.3 is 15.2 Å². The van der Waals surface area contributed by atoms with Gasteiger partial charge in [-0.15, -0.1) is 0 Å². The highest BCUT2D eigenvalue weighted by molar-refractivity contribution is 5.96. The van der Waals surface area contributed by atoms with Crippen molar-refractivity contribution >= 4 is 11.9 Å². The number of carbonyl (C=O) groups excluding carboxylic acids is 1. The molecule has 1 aromatic carbocycles. The zero-order valence-electron chi connectivity index (χ0n) is 11.5. The van der Waals surface area contributed by atoms with Crippen LogP contribution in [0.3, 0.4) is 0 Å². The van der Waals surface area contributed by atoms with Crippen molar-refractivity contribution in [3.05, 3.63) is 29.8 Å². The second-order valence-corrected chi connectivity index (χ2v) is 5.00. The Bertz CT molecular complexity index is 496. The van der Waals surface area contributed by atoms with Gasteiger partial charge in [0.05, 0.1) is 6.61 Å². The molecule has 1 fully saturated rings. The number of hydrogen-bond acceptors (Lipinski definition) is 3. The summed E-state index contributed by atoms with van der Waals surface area (Å²) in [5.74, 6) is -0.314. The van der Waals surface area contributed by atoms with E-state index < -0.39 is 12.0 Å². The second kappa shape index (κ2) is 6.41. The number of benzene rings is 1. The standard InChI is InChI=1S/C15H19NO4/c1-2-20-12-5-3-4-11(9-12)14(17)16-13(15(18)19)8-10-6-7-10/h3-5,9-10,13H,2,6-8H2,1H3,(H,16,17)(H,18,19). The van der Waals surface area contributed by atoms with Crippen LogP contribution in [0.1, 0.15) is 36.5 Å². The van der Waals surface area contributed by atoms with E-state index >= 15 is 0 Å². The first kappa shape index (κ1) is 14.4. The third-order valence-electron chi connectivity index (χ3n) is 3.28. The summed E-state index contributed by atoms with van der Waals surface area (Å²) in [7, 11) is 0. The molecular weight excluding hydrogens is 258 g/mol. The fourth-order valence-electron chi connectivity index (χ4n) is 2.04. The quantitative estimate of drug-likeness (QED) is 0.800. The van der Waals surface area contributed by atoms with E-state index in [1.54, 1.807) is 24.3 Å². The van der Waals surface area contributed by atoms with Gasteiger partial charge in [0.2, 0.25) is 0 Å². The first-order valence-electron chi connectivity index (χ1n) is 6.86. The monoisotopic (exact) mass is 277 g/mol. The van der Waals surface area contributed by atoms with Gasteiger partial charge in [0.1, 0.15) is 11.8 Å². The molecule has 108 valence electrons. The van der Waals surface area contributed by atoms with Gasteiger partial charge in [-0.05, 0) is 37.5 Å². The summed E-state index contributed by atoms with van der Waals surface area (Å²) in [6.45, 7) is 2.38. The molecule has 20 heavy (non-hydrogen) atoms. The van der Waals surface area contributed by atoms with Crippen LogP contribution < -0.4 is 10.1 Å². The fraction of sp³-hybridized carbons (Fsp3) is 0.467. The summed E-state index contributed by atoms with van der Waals surface area (Å²) in [6, 6.07) is 5.93. The Hall–Kier alpha value is -2.04. The summed E-state index contributed by atoms with van der Waals surface area (Å²) in [6.07, 6.45) is 2.62. The SMILES string of the molecule is CCOc1cccc(C(=O)NC(CC2CC2)C(=O)O)c1. The van der Waals surface area contributed by atoms with E-state index in [9.17, 15) is 9.59 Å². The summed E-state index contributed by atoms with van der Waals surface area (Å²) in [4.78, 5) is 23.2. The fourth-order valence-corrected chi connectivity index (χ4v) is 2.04. The molecule has 1 saturated carbocycles. The van der Waals surface area contributed by atoms with E-state index in [4.69, 9.17) is 9.84 Å². The smallest absolute Gasteiger partial charge is 0.326 e. The number of aliphatic carboxylic acids is 1. The van der Waals surface area contributed by atoms with Crippen LogP contribution in [0.2, 0.25) is 0 Å². The first-order chi connectivity index (χ1) is 9.60. The van der Waals surface area contributed by atoms with E-state index in [2.05, 4.69) is 5.32 Å². The van der Waals surface area contributed by atoms with Crippen LogP contribution in [0.5, 0.6) is 5.75 Å². The van der Waals surface area contributed by atoms with Crippen LogP contribution in [0.15, 0.2) is 24.3 Å². The largest absolute Gasteiger partial charge is 0.494 e. The Balaban J connectivity index is 2.01. The molecule has 1 aliphatic carbocycles. The average Bonchev–Trinajstić information content (AvgIpc) is 3.22. The van der Waals surface area contributed by atoms with Crippen molar-refractivity contribution < 1.29 is 19.4 Å². The lowest BCUT2D eigenvalue weighted by Gasteiger charge is -2.14. The van der Waals surface area contributed by atoms with Crippen LogP contribution in [-0.2, 0) is 4.79 Å². The number of hydrogen-bond donors (Lipinski definition) is 2. The molecule has 5 heteroatoms. The van der Waals surface area contributed by atoms with E-state index in [1.165, 1.54) is 0 Å². The van der Waals surface area contributed by atoms with Gasteiger partial charge in [-0.1, -0.05) is 18.9 Å². The zero-order chi connectivity index (χ0) is 14.5. The molecule has 1 amide bonds. The minimum Gasteiger partial charge on any atom is -0.494 e. The highest BCUT2D eigenvalue weighted by Crippen LogP contribution is 2.33. The zero-order valence-corrected chi connectivity index (χ0v) is 11.5. The van der Waals surface area contributed by atoms with E-state index in [0.717, 1.165) is 12.8 Å². The van der Waals surface area contributed by atoms with Gasteiger partial charge >= 0.3 is 5.97 Å². The van der Waals surface area contributed by atoms with Crippen molar-refractivity contribution in [3.8, 4) is 5.75 Å². The summed E-state index contributed by atoms with van der Waals surface area (Å²) in [5.41, 5.74) is 0.415. The predicted octanol–water partition coefficient (Wildman–Crippen LogP) is 2.07. The molecule has 1 aromatic rings. The first-order valence-corrected chi connectivity index (χ1v) is 6.86. The molecule has 0 spiro atoms. The Morgan fingerprint density at radius 2 is 2.20 bits per heavy atom. The van der Waals surface area contributed by atoms with Crippen LogP contribution in [0.4, 0.5) is 0 Å². The molecular formula is C15H19NO4. The van der Waals surface area contributed by atoms with Crippen molar-refractivity contribution in [2.24, 2.45) is 5.92 Å². The lowest BCUT2D eigenvalue weighted by Crippen LogP contribution is -2.41. The maximum Gasteiger partial charge on any atom is 0.326 e. The van der Waals surface area contributed by atoms with Gasteiger partial charge in [-0.2, -0.15) is 0 Å². The molecule has 0 radical (unpaired) electrons. The van der Waals surface area contributed by atoms with Crippen LogP contribution in [-0.4, -0.2) is 29.6 Å². The molecule has 0 aromatic heterocycles. The number of carboxylic acid groups (broad SMARTS) is 1. The Morgan fingerprint density at radius 1 is 1.45 bits per heavy atom. The van der Waals surface area contributed by atoms with E-state index in [1.807, 2.05) is 6.92 Å². The highest BCUT2D eigenvalue weighted by Gasteiger charge is 2.30. The number of nitrogens with one attached hydrogen (secondary N) is 1. The van der Waals surface area contributed by atoms with E-state index in [0.29, 0.717) is 30.3 Å². The third-order valence-corrected chi connectivity index (χ3v) is 3.28. The minimum absolute atomic E-state index is 0.375. The summed E-state index contributed by atoms with van der Waals surface area (Å²) < 4.78 is 5.33. The van der Waals surface area contributed by atoms with Crippen molar-refractivity contribution in [3.63, 3.8) is 0 Å². The van der Waals surface area contributed by atoms with Crippen molar-refractivity contribution in [2.45, 2.75) is 32.2 Å². The van der Waals surface area contributed by atoms with Gasteiger partial charge in [-0.25, -0.2) is 4.79 Å². The van der Waals surface area contributed by atoms with Gasteiger partial charge in [0.25, 0.3) is 5.91 Å². The minimum atomic E-state index is -0.980. The highest BCUT2D eigenvalue weighted by atomic mass is 16.5. The number of carbonyl (C=O) groups is 2. The lowest BCUT2D eigenvalue weighted by molar-refractivity contribution is -0.139. The molecule has 5 nitrogen and oxygen atoms in total. The maximum atomic E-state index is 12.1. The molecule has 1 aliphatic rings.